The van der Waals surface area contributed by atoms with Gasteiger partial charge >= 0.3 is 5.97 Å². The Morgan fingerprint density at radius 3 is 2.67 bits per heavy atom. The van der Waals surface area contributed by atoms with Gasteiger partial charge in [0, 0.05) is 11.5 Å². The van der Waals surface area contributed by atoms with Gasteiger partial charge in [0.15, 0.2) is 8.32 Å². The molecule has 0 bridgehead atoms. The molecule has 30 heavy (non-hydrogen) atoms. The Bertz CT molecular complexity index is 738. The van der Waals surface area contributed by atoms with Gasteiger partial charge in [0.25, 0.3) is 0 Å². The summed E-state index contributed by atoms with van der Waals surface area (Å²) < 4.78 is 17.8. The third-order valence-electron chi connectivity index (χ3n) is 6.61. The Labute approximate surface area is 185 Å². The number of esters is 1. The first kappa shape index (κ1) is 23.6. The van der Waals surface area contributed by atoms with Crippen molar-refractivity contribution in [2.75, 3.05) is 13.2 Å². The summed E-state index contributed by atoms with van der Waals surface area (Å²) in [6.45, 7) is 17.5. The van der Waals surface area contributed by atoms with E-state index < -0.39 is 14.3 Å². The summed E-state index contributed by atoms with van der Waals surface area (Å²) in [5.41, 5.74) is 0.363. The standard InChI is InChI=1S/C22H35NO5SSi/c1-8-12-27-21(25)17-18(15-11-10-13-26-15)29-20-16(19(24)23(17)20)14(9-2)28-30(6,7)22(3,4)5/h8,14-16,20H,1,9-13H2,2-7H3/t14-,15-,16-,20+/m1/s1. The van der Waals surface area contributed by atoms with Gasteiger partial charge in [0.2, 0.25) is 5.91 Å². The first-order valence-electron chi connectivity index (χ1n) is 10.8. The van der Waals surface area contributed by atoms with E-state index in [4.69, 9.17) is 13.9 Å². The quantitative estimate of drug-likeness (QED) is 0.234. The van der Waals surface area contributed by atoms with E-state index in [1.54, 1.807) is 16.7 Å². The van der Waals surface area contributed by atoms with E-state index in [0.29, 0.717) is 12.3 Å². The van der Waals surface area contributed by atoms with E-state index in [-0.39, 0.29) is 41.1 Å². The number of nitrogens with zero attached hydrogens (tertiary/aromatic N) is 1. The molecular formula is C22H35NO5SSi. The van der Waals surface area contributed by atoms with Gasteiger partial charge < -0.3 is 13.9 Å². The van der Waals surface area contributed by atoms with E-state index in [1.807, 2.05) is 0 Å². The summed E-state index contributed by atoms with van der Waals surface area (Å²) >= 11 is 1.59. The van der Waals surface area contributed by atoms with Gasteiger partial charge in [-0.05, 0) is 37.4 Å². The van der Waals surface area contributed by atoms with E-state index in [2.05, 4.69) is 47.4 Å². The Kier molecular flexibility index (Phi) is 6.92. The number of ether oxygens (including phenoxy) is 2. The van der Waals surface area contributed by atoms with Crippen LogP contribution in [-0.4, -0.2) is 55.9 Å². The molecule has 3 aliphatic rings. The first-order chi connectivity index (χ1) is 14.0. The van der Waals surface area contributed by atoms with Gasteiger partial charge in [-0.2, -0.15) is 0 Å². The van der Waals surface area contributed by atoms with Gasteiger partial charge in [0.05, 0.1) is 18.1 Å². The maximum atomic E-state index is 13.3. The molecule has 2 fully saturated rings. The van der Waals surface area contributed by atoms with Gasteiger partial charge in [-0.1, -0.05) is 52.1 Å². The van der Waals surface area contributed by atoms with Gasteiger partial charge in [-0.3, -0.25) is 9.69 Å². The Morgan fingerprint density at radius 2 is 2.13 bits per heavy atom. The van der Waals surface area contributed by atoms with Crippen LogP contribution in [0.2, 0.25) is 18.1 Å². The highest BCUT2D eigenvalue weighted by molar-refractivity contribution is 8.04. The van der Waals surface area contributed by atoms with Gasteiger partial charge in [-0.25, -0.2) is 4.79 Å². The van der Waals surface area contributed by atoms with Crippen LogP contribution in [0.15, 0.2) is 23.3 Å². The number of rotatable bonds is 8. The van der Waals surface area contributed by atoms with Crippen LogP contribution in [0.25, 0.3) is 0 Å². The van der Waals surface area contributed by atoms with Crippen LogP contribution in [0.1, 0.15) is 47.0 Å². The minimum atomic E-state index is -2.03. The van der Waals surface area contributed by atoms with Crippen molar-refractivity contribution in [3.05, 3.63) is 23.3 Å². The van der Waals surface area contributed by atoms with Gasteiger partial charge in [0.1, 0.15) is 17.7 Å². The lowest BCUT2D eigenvalue weighted by Crippen LogP contribution is -2.63. The van der Waals surface area contributed by atoms with Crippen LogP contribution in [0.3, 0.4) is 0 Å². The second kappa shape index (κ2) is 8.80. The average Bonchev–Trinajstić information content (AvgIpc) is 3.30. The number of thioether (sulfide) groups is 1. The SMILES string of the molecule is C=CCOC(=O)C1=C([C@H]2CCCO2)S[C@H]2[C@H]([C@@H](CC)O[Si](C)(C)C(C)(C)C)C(=O)N12. The molecule has 0 aliphatic carbocycles. The Balaban J connectivity index is 1.84. The number of fused-ring (bicyclic) bond motifs is 1. The molecule has 0 aromatic rings. The van der Waals surface area contributed by atoms with Crippen LogP contribution < -0.4 is 0 Å². The van der Waals surface area contributed by atoms with Crippen LogP contribution >= 0.6 is 11.8 Å². The van der Waals surface area contributed by atoms with Gasteiger partial charge in [-0.15, -0.1) is 0 Å². The van der Waals surface area contributed by atoms with Crippen LogP contribution in [-0.2, 0) is 23.5 Å². The smallest absolute Gasteiger partial charge is 0.356 e. The molecule has 3 aliphatic heterocycles. The third kappa shape index (κ3) is 4.16. The molecule has 0 spiro atoms. The Hall–Kier alpha value is -1.09. The van der Waals surface area contributed by atoms with Crippen molar-refractivity contribution in [1.82, 2.24) is 4.90 Å². The van der Waals surface area contributed by atoms with Crippen molar-refractivity contribution >= 4 is 32.0 Å². The molecule has 1 amide bonds. The molecule has 4 atom stereocenters. The van der Waals surface area contributed by atoms with Crippen molar-refractivity contribution in [2.45, 2.75) is 82.7 Å². The fourth-order valence-electron chi connectivity index (χ4n) is 3.88. The normalized spacial score (nSPS) is 27.7. The summed E-state index contributed by atoms with van der Waals surface area (Å²) in [6.07, 6.45) is 3.82. The van der Waals surface area contributed by atoms with Crippen molar-refractivity contribution < 1.29 is 23.5 Å². The van der Waals surface area contributed by atoms with E-state index in [9.17, 15) is 9.59 Å². The molecule has 0 saturated carbocycles. The first-order valence-corrected chi connectivity index (χ1v) is 14.6. The lowest BCUT2D eigenvalue weighted by atomic mass is 9.89. The molecule has 0 radical (unpaired) electrons. The fraction of sp³-hybridized carbons (Fsp3) is 0.727. The lowest BCUT2D eigenvalue weighted by molar-refractivity contribution is -0.158. The molecule has 3 heterocycles. The highest BCUT2D eigenvalue weighted by Crippen LogP contribution is 2.54. The summed E-state index contributed by atoms with van der Waals surface area (Å²) in [6, 6.07) is 0. The maximum absolute atomic E-state index is 13.3. The summed E-state index contributed by atoms with van der Waals surface area (Å²) in [5, 5.41) is -0.0612. The van der Waals surface area contributed by atoms with E-state index in [0.717, 1.165) is 24.2 Å². The summed E-state index contributed by atoms with van der Waals surface area (Å²) in [7, 11) is -2.03. The van der Waals surface area contributed by atoms with Crippen molar-refractivity contribution in [1.29, 1.82) is 0 Å². The average molecular weight is 454 g/mol. The molecule has 0 unspecified atom stereocenters. The maximum Gasteiger partial charge on any atom is 0.356 e. The third-order valence-corrected chi connectivity index (χ3v) is 12.6. The number of hydrogen-bond donors (Lipinski definition) is 0. The second-order valence-corrected chi connectivity index (χ2v) is 15.6. The van der Waals surface area contributed by atoms with Crippen LogP contribution in [0.4, 0.5) is 0 Å². The molecule has 2 saturated heterocycles. The van der Waals surface area contributed by atoms with Crippen LogP contribution in [0.5, 0.6) is 0 Å². The predicted octanol–water partition coefficient (Wildman–Crippen LogP) is 4.44. The molecule has 0 aromatic carbocycles. The Morgan fingerprint density at radius 1 is 1.43 bits per heavy atom. The molecule has 3 rings (SSSR count). The van der Waals surface area contributed by atoms with Crippen molar-refractivity contribution in [3.8, 4) is 0 Å². The minimum absolute atomic E-state index is 0.0448. The molecule has 0 N–H and O–H groups in total. The molecule has 6 nitrogen and oxygen atoms in total. The highest BCUT2D eigenvalue weighted by Gasteiger charge is 2.60. The molecule has 168 valence electrons. The fourth-order valence-corrected chi connectivity index (χ4v) is 6.95. The lowest BCUT2D eigenvalue weighted by Gasteiger charge is -2.49. The molecular weight excluding hydrogens is 418 g/mol. The zero-order chi connectivity index (χ0) is 22.3. The number of carbonyl (C=O) groups is 2. The zero-order valence-electron chi connectivity index (χ0n) is 19.0. The minimum Gasteiger partial charge on any atom is -0.457 e. The van der Waals surface area contributed by atoms with Crippen molar-refractivity contribution in [2.24, 2.45) is 5.92 Å². The summed E-state index contributed by atoms with van der Waals surface area (Å²) in [4.78, 5) is 28.5. The summed E-state index contributed by atoms with van der Waals surface area (Å²) in [5.74, 6) is -0.771. The van der Waals surface area contributed by atoms with Crippen LogP contribution in [0, 0.1) is 5.92 Å². The van der Waals surface area contributed by atoms with E-state index in [1.165, 1.54) is 6.08 Å². The number of carbonyl (C=O) groups excluding carboxylic acids is 2. The zero-order valence-corrected chi connectivity index (χ0v) is 20.8. The monoisotopic (exact) mass is 453 g/mol. The topological polar surface area (TPSA) is 65.1 Å². The number of hydrogen-bond acceptors (Lipinski definition) is 6. The number of β-lactam (4-membered cyclic amide) rings is 1. The number of amides is 1. The predicted molar refractivity (Wildman–Crippen MR) is 121 cm³/mol. The molecule has 0 aromatic heterocycles. The van der Waals surface area contributed by atoms with Crippen molar-refractivity contribution in [3.63, 3.8) is 0 Å². The second-order valence-electron chi connectivity index (χ2n) is 9.67. The van der Waals surface area contributed by atoms with E-state index >= 15 is 0 Å². The highest BCUT2D eigenvalue weighted by atomic mass is 32.2. The molecule has 8 heteroatoms. The largest absolute Gasteiger partial charge is 0.457 e.